The third-order valence-corrected chi connectivity index (χ3v) is 3.47. The highest BCUT2D eigenvalue weighted by atomic mass is 35.5. The molecule has 0 spiro atoms. The number of rotatable bonds is 3. The Hall–Kier alpha value is -2.15. The summed E-state index contributed by atoms with van der Waals surface area (Å²) >= 11 is 5.95. The van der Waals surface area contributed by atoms with Gasteiger partial charge in [0, 0.05) is 19.5 Å². The number of nitro benzene ring substituents is 1. The molecule has 1 aromatic carbocycles. The minimum absolute atomic E-state index is 0.0975. The number of nitrogens with one attached hydrogen (secondary N) is 1. The zero-order valence-corrected chi connectivity index (χ0v) is 11.4. The van der Waals surface area contributed by atoms with Gasteiger partial charge in [-0.1, -0.05) is 17.7 Å². The molecular weight excluding hydrogens is 286 g/mol. The molecule has 0 radical (unpaired) electrons. The largest absolute Gasteiger partial charge is 0.367 e. The maximum Gasteiger partial charge on any atom is 0.293 e. The van der Waals surface area contributed by atoms with Gasteiger partial charge in [-0.25, -0.2) is 0 Å². The molecule has 1 aliphatic heterocycles. The second-order valence-corrected chi connectivity index (χ2v) is 4.82. The third kappa shape index (κ3) is 2.57. The molecule has 106 valence electrons. The Morgan fingerprint density at radius 3 is 2.80 bits per heavy atom. The van der Waals surface area contributed by atoms with E-state index in [1.807, 2.05) is 0 Å². The Bertz CT molecular complexity index is 590. The van der Waals surface area contributed by atoms with Crippen LogP contribution in [0.1, 0.15) is 12.8 Å². The zero-order chi connectivity index (χ0) is 14.9. The number of likely N-dealkylation sites (N-methyl/N-ethyl adjacent to an activating group) is 1. The number of benzene rings is 1. The summed E-state index contributed by atoms with van der Waals surface area (Å²) in [5.74, 6) is -0.683. The fraction of sp³-hybridized carbons (Fsp3) is 0.333. The molecule has 2 rings (SSSR count). The lowest BCUT2D eigenvalue weighted by molar-refractivity contribution is -0.384. The van der Waals surface area contributed by atoms with Gasteiger partial charge < -0.3 is 5.32 Å². The molecular formula is C12H12ClN3O4. The van der Waals surface area contributed by atoms with Gasteiger partial charge in [-0.3, -0.25) is 24.6 Å². The second kappa shape index (κ2) is 5.46. The number of piperidine rings is 1. The minimum atomic E-state index is -0.698. The topological polar surface area (TPSA) is 92.6 Å². The third-order valence-electron chi connectivity index (χ3n) is 3.16. The van der Waals surface area contributed by atoms with E-state index in [0.717, 1.165) is 4.90 Å². The van der Waals surface area contributed by atoms with Crippen LogP contribution in [0.3, 0.4) is 0 Å². The van der Waals surface area contributed by atoms with Crippen molar-refractivity contribution in [3.63, 3.8) is 0 Å². The predicted octanol–water partition coefficient (Wildman–Crippen LogP) is 1.81. The van der Waals surface area contributed by atoms with Gasteiger partial charge in [-0.15, -0.1) is 0 Å². The number of nitrogens with zero attached hydrogens (tertiary/aromatic N) is 2. The molecule has 2 amide bonds. The van der Waals surface area contributed by atoms with Crippen LogP contribution in [0, 0.1) is 10.1 Å². The lowest BCUT2D eigenvalue weighted by Crippen LogP contribution is -2.48. The number of likely N-dealkylation sites (tertiary alicyclic amines) is 1. The number of nitro groups is 1. The molecule has 0 saturated carbocycles. The number of anilines is 1. The van der Waals surface area contributed by atoms with E-state index in [1.54, 1.807) is 0 Å². The van der Waals surface area contributed by atoms with E-state index in [4.69, 9.17) is 11.6 Å². The van der Waals surface area contributed by atoms with Gasteiger partial charge in [-0.2, -0.15) is 0 Å². The van der Waals surface area contributed by atoms with E-state index in [9.17, 15) is 19.7 Å². The Kier molecular flexibility index (Phi) is 3.89. The molecule has 1 unspecified atom stereocenters. The van der Waals surface area contributed by atoms with Crippen molar-refractivity contribution in [3.05, 3.63) is 33.3 Å². The molecule has 1 atom stereocenters. The quantitative estimate of drug-likeness (QED) is 0.522. The van der Waals surface area contributed by atoms with Crippen molar-refractivity contribution in [2.45, 2.75) is 18.9 Å². The molecule has 1 aromatic rings. The summed E-state index contributed by atoms with van der Waals surface area (Å²) in [5, 5.41) is 13.9. The van der Waals surface area contributed by atoms with Gasteiger partial charge in [-0.05, 0) is 12.5 Å². The number of imide groups is 1. The summed E-state index contributed by atoms with van der Waals surface area (Å²) in [6.45, 7) is 0. The summed E-state index contributed by atoms with van der Waals surface area (Å²) in [6.07, 6.45) is 0.489. The Morgan fingerprint density at radius 1 is 1.45 bits per heavy atom. The van der Waals surface area contributed by atoms with Gasteiger partial charge in [0.15, 0.2) is 0 Å². The van der Waals surface area contributed by atoms with Gasteiger partial charge in [0.05, 0.1) is 9.95 Å². The van der Waals surface area contributed by atoms with Crippen molar-refractivity contribution < 1.29 is 14.5 Å². The first-order valence-electron chi connectivity index (χ1n) is 5.91. The molecule has 0 bridgehead atoms. The Morgan fingerprint density at radius 2 is 2.15 bits per heavy atom. The van der Waals surface area contributed by atoms with Gasteiger partial charge >= 0.3 is 0 Å². The van der Waals surface area contributed by atoms with Gasteiger partial charge in [0.1, 0.15) is 11.7 Å². The van der Waals surface area contributed by atoms with Crippen LogP contribution in [0.15, 0.2) is 18.2 Å². The second-order valence-electron chi connectivity index (χ2n) is 4.42. The fourth-order valence-electron chi connectivity index (χ4n) is 2.03. The zero-order valence-electron chi connectivity index (χ0n) is 10.6. The van der Waals surface area contributed by atoms with Crippen LogP contribution in [0.4, 0.5) is 11.4 Å². The normalized spacial score (nSPS) is 19.1. The van der Waals surface area contributed by atoms with Crippen molar-refractivity contribution in [2.24, 2.45) is 0 Å². The van der Waals surface area contributed by atoms with Crippen LogP contribution in [-0.4, -0.2) is 34.7 Å². The number of carbonyl (C=O) groups is 2. The molecule has 1 fully saturated rings. The van der Waals surface area contributed by atoms with E-state index in [-0.39, 0.29) is 35.1 Å². The first kappa shape index (κ1) is 14.3. The lowest BCUT2D eigenvalue weighted by Gasteiger charge is -2.28. The minimum Gasteiger partial charge on any atom is -0.367 e. The predicted molar refractivity (Wildman–Crippen MR) is 72.5 cm³/mol. The van der Waals surface area contributed by atoms with E-state index >= 15 is 0 Å². The van der Waals surface area contributed by atoms with E-state index in [0.29, 0.717) is 0 Å². The Balaban J connectivity index is 2.29. The molecule has 0 aliphatic carbocycles. The van der Waals surface area contributed by atoms with Crippen LogP contribution in [-0.2, 0) is 9.59 Å². The summed E-state index contributed by atoms with van der Waals surface area (Å²) in [4.78, 5) is 34.8. The molecule has 1 saturated heterocycles. The SMILES string of the molecule is CN1C(=O)CCC(Nc2c(Cl)cccc2[N+](=O)[O-])C1=O. The molecule has 0 aromatic heterocycles. The van der Waals surface area contributed by atoms with Crippen molar-refractivity contribution in [1.29, 1.82) is 0 Å². The highest BCUT2D eigenvalue weighted by Crippen LogP contribution is 2.33. The Labute approximate surface area is 119 Å². The van der Waals surface area contributed by atoms with Crippen LogP contribution in [0.5, 0.6) is 0 Å². The molecule has 1 N–H and O–H groups in total. The van der Waals surface area contributed by atoms with E-state index < -0.39 is 16.9 Å². The maximum atomic E-state index is 12.0. The molecule has 1 heterocycles. The maximum absolute atomic E-state index is 12.0. The van der Waals surface area contributed by atoms with Crippen LogP contribution < -0.4 is 5.32 Å². The van der Waals surface area contributed by atoms with Crippen LogP contribution in [0.2, 0.25) is 5.02 Å². The summed E-state index contributed by atoms with van der Waals surface area (Å²) in [7, 11) is 1.39. The number of halogens is 1. The number of hydrogen-bond acceptors (Lipinski definition) is 5. The first-order valence-corrected chi connectivity index (χ1v) is 6.29. The van der Waals surface area contributed by atoms with E-state index in [2.05, 4.69) is 5.32 Å². The van der Waals surface area contributed by atoms with Crippen LogP contribution >= 0.6 is 11.6 Å². The van der Waals surface area contributed by atoms with Crippen molar-refractivity contribution in [1.82, 2.24) is 4.90 Å². The van der Waals surface area contributed by atoms with E-state index in [1.165, 1.54) is 25.2 Å². The fourth-order valence-corrected chi connectivity index (χ4v) is 2.26. The van der Waals surface area contributed by atoms with Crippen molar-refractivity contribution in [2.75, 3.05) is 12.4 Å². The number of hydrogen-bond donors (Lipinski definition) is 1. The standard InChI is InChI=1S/C12H12ClN3O4/c1-15-10(17)6-5-8(12(15)18)14-11-7(13)3-2-4-9(11)16(19)20/h2-4,8,14H,5-6H2,1H3. The first-order chi connectivity index (χ1) is 9.41. The molecule has 1 aliphatic rings. The monoisotopic (exact) mass is 297 g/mol. The highest BCUT2D eigenvalue weighted by Gasteiger charge is 2.33. The van der Waals surface area contributed by atoms with Crippen molar-refractivity contribution >= 4 is 34.8 Å². The highest BCUT2D eigenvalue weighted by molar-refractivity contribution is 6.33. The summed E-state index contributed by atoms with van der Waals surface area (Å²) in [6, 6.07) is 3.57. The van der Waals surface area contributed by atoms with Crippen LogP contribution in [0.25, 0.3) is 0 Å². The average Bonchev–Trinajstić information content (AvgIpc) is 2.41. The molecule has 8 heteroatoms. The summed E-state index contributed by atoms with van der Waals surface area (Å²) < 4.78 is 0. The number of carbonyl (C=O) groups excluding carboxylic acids is 2. The molecule has 7 nitrogen and oxygen atoms in total. The number of amides is 2. The average molecular weight is 298 g/mol. The number of para-hydroxylation sites is 1. The lowest BCUT2D eigenvalue weighted by atomic mass is 10.0. The smallest absolute Gasteiger partial charge is 0.293 e. The van der Waals surface area contributed by atoms with Gasteiger partial charge in [0.25, 0.3) is 11.6 Å². The summed E-state index contributed by atoms with van der Waals surface area (Å²) in [5.41, 5.74) is -0.106. The van der Waals surface area contributed by atoms with Gasteiger partial charge in [0.2, 0.25) is 5.91 Å². The van der Waals surface area contributed by atoms with Crippen molar-refractivity contribution in [3.8, 4) is 0 Å². The molecule has 20 heavy (non-hydrogen) atoms.